The molecule has 0 saturated carbocycles. The molecule has 1 aliphatic heterocycles. The molecule has 1 saturated heterocycles. The highest BCUT2D eigenvalue weighted by Gasteiger charge is 2.38. The fraction of sp³-hybridized carbons (Fsp3) is 0.389. The molecule has 0 bridgehead atoms. The lowest BCUT2D eigenvalue weighted by Crippen LogP contribution is -2.52. The van der Waals surface area contributed by atoms with E-state index in [-0.39, 0.29) is 18.4 Å². The van der Waals surface area contributed by atoms with Crippen molar-refractivity contribution < 1.29 is 14.3 Å². The number of rotatable bonds is 4. The summed E-state index contributed by atoms with van der Waals surface area (Å²) in [5.74, 6) is -0.497. The van der Waals surface area contributed by atoms with Crippen LogP contribution in [-0.2, 0) is 27.9 Å². The zero-order chi connectivity index (χ0) is 18.8. The van der Waals surface area contributed by atoms with Gasteiger partial charge in [0.1, 0.15) is 6.61 Å². The summed E-state index contributed by atoms with van der Waals surface area (Å²) in [7, 11) is 3.56. The maximum Gasteiger partial charge on any atom is 0.254 e. The fourth-order valence-corrected chi connectivity index (χ4v) is 3.24. The first-order chi connectivity index (χ1) is 12.4. The van der Waals surface area contributed by atoms with Crippen molar-refractivity contribution in [3.63, 3.8) is 0 Å². The first kappa shape index (κ1) is 18.4. The van der Waals surface area contributed by atoms with E-state index in [1.807, 2.05) is 20.0 Å². The van der Waals surface area contributed by atoms with Gasteiger partial charge in [-0.3, -0.25) is 14.3 Å². The number of morpholine rings is 1. The van der Waals surface area contributed by atoms with Crippen LogP contribution in [0.4, 0.5) is 0 Å². The van der Waals surface area contributed by atoms with Gasteiger partial charge in [-0.25, -0.2) is 0 Å². The quantitative estimate of drug-likeness (QED) is 0.879. The summed E-state index contributed by atoms with van der Waals surface area (Å²) in [6.07, 6.45) is 0.906. The van der Waals surface area contributed by atoms with E-state index in [1.165, 1.54) is 0 Å². The molecule has 1 aromatic carbocycles. The molecule has 7 nitrogen and oxygen atoms in total. The number of hydrogen-bond acceptors (Lipinski definition) is 4. The van der Waals surface area contributed by atoms with Crippen molar-refractivity contribution in [3.05, 3.63) is 52.3 Å². The molecule has 1 aliphatic rings. The van der Waals surface area contributed by atoms with Gasteiger partial charge < -0.3 is 15.0 Å². The monoisotopic (exact) mass is 376 g/mol. The van der Waals surface area contributed by atoms with Gasteiger partial charge in [0.25, 0.3) is 5.91 Å². The molecule has 1 aromatic heterocycles. The molecular weight excluding hydrogens is 356 g/mol. The third-order valence-electron chi connectivity index (χ3n) is 4.62. The second kappa shape index (κ2) is 7.47. The average molecular weight is 377 g/mol. The van der Waals surface area contributed by atoms with E-state index in [0.717, 1.165) is 11.3 Å². The highest BCUT2D eigenvalue weighted by Crippen LogP contribution is 2.29. The second-order valence-electron chi connectivity index (χ2n) is 6.37. The van der Waals surface area contributed by atoms with Crippen molar-refractivity contribution in [2.45, 2.75) is 25.6 Å². The number of aromatic nitrogens is 2. The predicted octanol–water partition coefficient (Wildman–Crippen LogP) is 1.60. The van der Waals surface area contributed by atoms with Crippen molar-refractivity contribution in [1.29, 1.82) is 0 Å². The molecule has 0 aliphatic carbocycles. The Labute approximate surface area is 156 Å². The lowest BCUT2D eigenvalue weighted by atomic mass is 9.98. The number of carbonyl (C=O) groups is 2. The van der Waals surface area contributed by atoms with Crippen LogP contribution in [0.2, 0.25) is 5.02 Å². The third kappa shape index (κ3) is 3.59. The Kier molecular flexibility index (Phi) is 5.29. The van der Waals surface area contributed by atoms with Gasteiger partial charge in [0.15, 0.2) is 6.10 Å². The third-order valence-corrected chi connectivity index (χ3v) is 4.96. The molecule has 2 atom stereocenters. The zero-order valence-corrected chi connectivity index (χ0v) is 15.7. The Balaban J connectivity index is 1.82. The number of aryl methyl sites for hydroxylation is 1. The molecule has 1 N–H and O–H groups in total. The van der Waals surface area contributed by atoms with Gasteiger partial charge in [0.05, 0.1) is 12.2 Å². The fourth-order valence-electron chi connectivity index (χ4n) is 2.98. The molecule has 26 heavy (non-hydrogen) atoms. The number of hydrogen-bond donors (Lipinski definition) is 1. The van der Waals surface area contributed by atoms with Crippen LogP contribution in [0.15, 0.2) is 30.5 Å². The molecule has 0 spiro atoms. The maximum absolute atomic E-state index is 13.0. The minimum atomic E-state index is -0.838. The summed E-state index contributed by atoms with van der Waals surface area (Å²) in [5.41, 5.74) is 2.61. The molecule has 2 heterocycles. The van der Waals surface area contributed by atoms with E-state index < -0.39 is 12.1 Å². The Hall–Kier alpha value is -2.38. The van der Waals surface area contributed by atoms with E-state index in [9.17, 15) is 9.59 Å². The minimum Gasteiger partial charge on any atom is -0.356 e. The van der Waals surface area contributed by atoms with Crippen LogP contribution in [-0.4, -0.2) is 46.3 Å². The largest absolute Gasteiger partial charge is 0.356 e. The second-order valence-corrected chi connectivity index (χ2v) is 6.78. The molecule has 8 heteroatoms. The maximum atomic E-state index is 13.0. The molecule has 2 aromatic rings. The number of likely N-dealkylation sites (N-methyl/N-ethyl adjacent to an activating group) is 1. The van der Waals surface area contributed by atoms with Gasteiger partial charge in [0.2, 0.25) is 5.91 Å². The molecule has 138 valence electrons. The zero-order valence-electron chi connectivity index (χ0n) is 14.9. The first-order valence-electron chi connectivity index (χ1n) is 8.26. The number of nitrogens with zero attached hydrogens (tertiary/aromatic N) is 3. The summed E-state index contributed by atoms with van der Waals surface area (Å²) in [5, 5.41) is 7.50. The van der Waals surface area contributed by atoms with Crippen LogP contribution in [0.5, 0.6) is 0 Å². The minimum absolute atomic E-state index is 0.156. The van der Waals surface area contributed by atoms with Crippen molar-refractivity contribution in [2.75, 3.05) is 13.7 Å². The molecular formula is C18H21ClN4O3. The summed E-state index contributed by atoms with van der Waals surface area (Å²) in [4.78, 5) is 26.4. The molecule has 3 rings (SSSR count). The van der Waals surface area contributed by atoms with E-state index in [0.29, 0.717) is 17.1 Å². The summed E-state index contributed by atoms with van der Waals surface area (Å²) >= 11 is 6.27. The van der Waals surface area contributed by atoms with E-state index in [1.54, 1.807) is 41.0 Å². The van der Waals surface area contributed by atoms with Gasteiger partial charge in [-0.1, -0.05) is 29.8 Å². The van der Waals surface area contributed by atoms with Crippen molar-refractivity contribution in [1.82, 2.24) is 20.0 Å². The van der Waals surface area contributed by atoms with Gasteiger partial charge >= 0.3 is 0 Å². The number of halogens is 1. The van der Waals surface area contributed by atoms with Crippen molar-refractivity contribution in [3.8, 4) is 0 Å². The summed E-state index contributed by atoms with van der Waals surface area (Å²) in [6.45, 7) is 2.20. The Morgan fingerprint density at radius 3 is 2.85 bits per heavy atom. The number of carbonyl (C=O) groups excluding carboxylic acids is 2. The van der Waals surface area contributed by atoms with Gasteiger partial charge in [-0.05, 0) is 18.6 Å². The number of nitrogens with one attached hydrogen (secondary N) is 1. The van der Waals surface area contributed by atoms with E-state index >= 15 is 0 Å². The summed E-state index contributed by atoms with van der Waals surface area (Å²) in [6, 6.07) is 6.49. The lowest BCUT2D eigenvalue weighted by Gasteiger charge is -2.34. The van der Waals surface area contributed by atoms with Crippen LogP contribution in [0, 0.1) is 6.92 Å². The van der Waals surface area contributed by atoms with Crippen LogP contribution in [0.3, 0.4) is 0 Å². The first-order valence-corrected chi connectivity index (χ1v) is 8.64. The SMILES string of the molecule is Cc1c(CN(C)C(=O)[C@H]2OCC(=O)N[C@@H]2c2ccccc2Cl)cnn1C. The highest BCUT2D eigenvalue weighted by atomic mass is 35.5. The van der Waals surface area contributed by atoms with Crippen LogP contribution in [0.25, 0.3) is 0 Å². The van der Waals surface area contributed by atoms with Crippen molar-refractivity contribution >= 4 is 23.4 Å². The van der Waals surface area contributed by atoms with Crippen LogP contribution < -0.4 is 5.32 Å². The topological polar surface area (TPSA) is 76.5 Å². The predicted molar refractivity (Wildman–Crippen MR) is 96.5 cm³/mol. The summed E-state index contributed by atoms with van der Waals surface area (Å²) < 4.78 is 7.35. The average Bonchev–Trinajstić information content (AvgIpc) is 2.93. The lowest BCUT2D eigenvalue weighted by molar-refractivity contribution is -0.154. The Bertz CT molecular complexity index is 836. The van der Waals surface area contributed by atoms with E-state index in [4.69, 9.17) is 16.3 Å². The standard InChI is InChI=1S/C18H21ClN4O3/c1-11-12(8-20-23(11)3)9-22(2)18(25)17-16(21-15(24)10-26-17)13-6-4-5-7-14(13)19/h4-8,16-17H,9-10H2,1-3H3,(H,21,24)/t16-,17+/m1/s1. The smallest absolute Gasteiger partial charge is 0.254 e. The van der Waals surface area contributed by atoms with Gasteiger partial charge in [0, 0.05) is 36.9 Å². The molecule has 0 radical (unpaired) electrons. The molecule has 0 unspecified atom stereocenters. The number of benzene rings is 1. The van der Waals surface area contributed by atoms with Gasteiger partial charge in [-0.2, -0.15) is 5.10 Å². The van der Waals surface area contributed by atoms with Crippen LogP contribution >= 0.6 is 11.6 Å². The van der Waals surface area contributed by atoms with Crippen molar-refractivity contribution in [2.24, 2.45) is 7.05 Å². The number of amides is 2. The highest BCUT2D eigenvalue weighted by molar-refractivity contribution is 6.31. The molecule has 2 amide bonds. The number of ether oxygens (including phenoxy) is 1. The Morgan fingerprint density at radius 1 is 1.46 bits per heavy atom. The Morgan fingerprint density at radius 2 is 2.19 bits per heavy atom. The molecule has 1 fully saturated rings. The van der Waals surface area contributed by atoms with Crippen LogP contribution in [0.1, 0.15) is 22.9 Å². The van der Waals surface area contributed by atoms with Gasteiger partial charge in [-0.15, -0.1) is 0 Å². The van der Waals surface area contributed by atoms with E-state index in [2.05, 4.69) is 10.4 Å². The normalized spacial score (nSPS) is 19.9.